The minimum Gasteiger partial charge on any atom is -0.395 e. The Morgan fingerprint density at radius 1 is 1.15 bits per heavy atom. The summed E-state index contributed by atoms with van der Waals surface area (Å²) in [6.07, 6.45) is -3.94. The second-order valence-corrected chi connectivity index (χ2v) is 8.71. The Hall–Kier alpha value is -2.46. The van der Waals surface area contributed by atoms with Crippen LogP contribution in [0.4, 0.5) is 24.0 Å². The molecule has 33 heavy (non-hydrogen) atoms. The molecule has 0 saturated carbocycles. The summed E-state index contributed by atoms with van der Waals surface area (Å²) in [5, 5.41) is 11.6. The molecule has 1 heterocycles. The van der Waals surface area contributed by atoms with E-state index in [1.165, 1.54) is 28.4 Å². The molecule has 3 aromatic rings. The maximum atomic E-state index is 13.3. The standard InChI is InChI=1S/C23H23ClF3N3O2S/c1-29(11-12-31)10-4-9-21(32)30(19-8-3-6-17(14-19)23(25,26)27)22-28-20(15-33-22)16-5-2-7-18(24)13-16/h2-3,5-8,13-15,31H,4,9-12H2,1H3. The summed E-state index contributed by atoms with van der Waals surface area (Å²) in [6, 6.07) is 11.7. The number of benzene rings is 2. The Bertz CT molecular complexity index is 1090. The summed E-state index contributed by atoms with van der Waals surface area (Å²) in [4.78, 5) is 20.8. The number of nitrogens with zero attached hydrogens (tertiary/aromatic N) is 3. The Kier molecular flexibility index (Phi) is 8.47. The molecule has 3 rings (SSSR count). The topological polar surface area (TPSA) is 56.7 Å². The highest BCUT2D eigenvalue weighted by molar-refractivity contribution is 7.14. The number of rotatable bonds is 9. The van der Waals surface area contributed by atoms with Crippen molar-refractivity contribution in [2.45, 2.75) is 19.0 Å². The number of halogens is 4. The van der Waals surface area contributed by atoms with Crippen LogP contribution in [0, 0.1) is 0 Å². The minimum atomic E-state index is -4.54. The number of carbonyl (C=O) groups excluding carboxylic acids is 1. The molecule has 0 spiro atoms. The Labute approximate surface area is 199 Å². The van der Waals surface area contributed by atoms with E-state index in [9.17, 15) is 18.0 Å². The molecule has 0 fully saturated rings. The summed E-state index contributed by atoms with van der Waals surface area (Å²) in [7, 11) is 1.82. The summed E-state index contributed by atoms with van der Waals surface area (Å²) >= 11 is 7.23. The molecular weight excluding hydrogens is 475 g/mol. The largest absolute Gasteiger partial charge is 0.416 e. The monoisotopic (exact) mass is 497 g/mol. The van der Waals surface area contributed by atoms with Gasteiger partial charge in [0.15, 0.2) is 5.13 Å². The second kappa shape index (κ2) is 11.1. The van der Waals surface area contributed by atoms with Gasteiger partial charge in [0.25, 0.3) is 0 Å². The molecule has 0 aliphatic heterocycles. The van der Waals surface area contributed by atoms with Gasteiger partial charge in [-0.25, -0.2) is 4.98 Å². The number of hydrogen-bond donors (Lipinski definition) is 1. The van der Waals surface area contributed by atoms with Gasteiger partial charge in [-0.15, -0.1) is 11.3 Å². The van der Waals surface area contributed by atoms with E-state index in [0.717, 1.165) is 17.7 Å². The van der Waals surface area contributed by atoms with Gasteiger partial charge >= 0.3 is 6.18 Å². The lowest BCUT2D eigenvalue weighted by molar-refractivity contribution is -0.137. The van der Waals surface area contributed by atoms with E-state index < -0.39 is 11.7 Å². The lowest BCUT2D eigenvalue weighted by atomic mass is 10.1. The number of likely N-dealkylation sites (N-methyl/N-ethyl adjacent to an activating group) is 1. The Balaban J connectivity index is 1.92. The number of amides is 1. The van der Waals surface area contributed by atoms with Crippen molar-refractivity contribution in [2.24, 2.45) is 0 Å². The number of thiazole rings is 1. The smallest absolute Gasteiger partial charge is 0.395 e. The zero-order valence-electron chi connectivity index (χ0n) is 17.8. The third-order valence-electron chi connectivity index (χ3n) is 4.90. The zero-order valence-corrected chi connectivity index (χ0v) is 19.4. The van der Waals surface area contributed by atoms with Crippen LogP contribution in [0.3, 0.4) is 0 Å². The molecule has 10 heteroatoms. The van der Waals surface area contributed by atoms with Crippen LogP contribution in [0.5, 0.6) is 0 Å². The summed E-state index contributed by atoms with van der Waals surface area (Å²) < 4.78 is 39.9. The van der Waals surface area contributed by atoms with Gasteiger partial charge < -0.3 is 10.0 Å². The third-order valence-corrected chi connectivity index (χ3v) is 5.96. The fraction of sp³-hybridized carbons (Fsp3) is 0.304. The second-order valence-electron chi connectivity index (χ2n) is 7.43. The highest BCUT2D eigenvalue weighted by Gasteiger charge is 2.32. The van der Waals surface area contributed by atoms with Crippen molar-refractivity contribution >= 4 is 39.7 Å². The van der Waals surface area contributed by atoms with Crippen molar-refractivity contribution in [2.75, 3.05) is 31.6 Å². The van der Waals surface area contributed by atoms with Crippen molar-refractivity contribution in [1.29, 1.82) is 0 Å². The molecule has 5 nitrogen and oxygen atoms in total. The van der Waals surface area contributed by atoms with Crippen molar-refractivity contribution in [1.82, 2.24) is 9.88 Å². The fourth-order valence-corrected chi connectivity index (χ4v) is 4.28. The summed E-state index contributed by atoms with van der Waals surface area (Å²) in [5.41, 5.74) is 0.578. The van der Waals surface area contributed by atoms with Gasteiger partial charge in [0.1, 0.15) is 0 Å². The SMILES string of the molecule is CN(CCO)CCCC(=O)N(c1cccc(C(F)(F)F)c1)c1nc(-c2cccc(Cl)c2)cs1. The van der Waals surface area contributed by atoms with Crippen LogP contribution in [-0.4, -0.2) is 47.6 Å². The van der Waals surface area contributed by atoms with E-state index in [1.807, 2.05) is 18.0 Å². The highest BCUT2D eigenvalue weighted by Crippen LogP contribution is 2.37. The molecule has 1 amide bonds. The van der Waals surface area contributed by atoms with Gasteiger partial charge in [-0.2, -0.15) is 13.2 Å². The van der Waals surface area contributed by atoms with E-state index in [4.69, 9.17) is 16.7 Å². The van der Waals surface area contributed by atoms with E-state index in [1.54, 1.807) is 23.6 Å². The molecule has 0 radical (unpaired) electrons. The van der Waals surface area contributed by atoms with Crippen LogP contribution in [0.2, 0.25) is 5.02 Å². The molecule has 2 aromatic carbocycles. The van der Waals surface area contributed by atoms with E-state index in [0.29, 0.717) is 30.2 Å². The highest BCUT2D eigenvalue weighted by atomic mass is 35.5. The molecule has 0 aliphatic carbocycles. The van der Waals surface area contributed by atoms with Crippen molar-refractivity contribution in [3.05, 3.63) is 64.5 Å². The molecule has 0 saturated heterocycles. The quantitative estimate of drug-likeness (QED) is 0.403. The Morgan fingerprint density at radius 3 is 2.61 bits per heavy atom. The summed E-state index contributed by atoms with van der Waals surface area (Å²) in [6.45, 7) is 1.04. The number of aromatic nitrogens is 1. The summed E-state index contributed by atoms with van der Waals surface area (Å²) in [5.74, 6) is -0.362. The first-order chi connectivity index (χ1) is 15.7. The first kappa shape index (κ1) is 25.2. The van der Waals surface area contributed by atoms with E-state index in [2.05, 4.69) is 4.98 Å². The van der Waals surface area contributed by atoms with Gasteiger partial charge in [-0.3, -0.25) is 9.69 Å². The third kappa shape index (κ3) is 6.77. The van der Waals surface area contributed by atoms with Gasteiger partial charge in [-0.05, 0) is 50.3 Å². The number of alkyl halides is 3. The van der Waals surface area contributed by atoms with Gasteiger partial charge in [0.2, 0.25) is 5.91 Å². The van der Waals surface area contributed by atoms with Crippen molar-refractivity contribution in [3.8, 4) is 11.3 Å². The van der Waals surface area contributed by atoms with Crippen LogP contribution in [0.1, 0.15) is 18.4 Å². The normalized spacial score (nSPS) is 11.7. The van der Waals surface area contributed by atoms with Gasteiger partial charge in [0.05, 0.1) is 23.6 Å². The molecular formula is C23H23ClF3N3O2S. The average molecular weight is 498 g/mol. The number of aliphatic hydroxyl groups is 1. The average Bonchev–Trinajstić information content (AvgIpc) is 3.23. The zero-order chi connectivity index (χ0) is 24.0. The van der Waals surface area contributed by atoms with Crippen LogP contribution < -0.4 is 4.90 Å². The maximum Gasteiger partial charge on any atom is 0.416 e. The van der Waals surface area contributed by atoms with Crippen molar-refractivity contribution < 1.29 is 23.1 Å². The van der Waals surface area contributed by atoms with Crippen LogP contribution in [0.15, 0.2) is 53.9 Å². The predicted octanol–water partition coefficient (Wildman–Crippen LogP) is 5.85. The van der Waals surface area contributed by atoms with Crippen LogP contribution in [-0.2, 0) is 11.0 Å². The molecule has 0 bridgehead atoms. The molecule has 0 atom stereocenters. The predicted molar refractivity (Wildman–Crippen MR) is 125 cm³/mol. The number of hydrogen-bond acceptors (Lipinski definition) is 5. The Morgan fingerprint density at radius 2 is 1.91 bits per heavy atom. The minimum absolute atomic E-state index is 0.00615. The lowest BCUT2D eigenvalue weighted by Gasteiger charge is -2.22. The number of anilines is 2. The first-order valence-corrected chi connectivity index (χ1v) is 11.5. The molecule has 1 aromatic heterocycles. The van der Waals surface area contributed by atoms with E-state index in [-0.39, 0.29) is 29.8 Å². The number of aliphatic hydroxyl groups excluding tert-OH is 1. The first-order valence-electron chi connectivity index (χ1n) is 10.2. The fourth-order valence-electron chi connectivity index (χ4n) is 3.22. The maximum absolute atomic E-state index is 13.3. The van der Waals surface area contributed by atoms with Gasteiger partial charge in [-0.1, -0.05) is 29.8 Å². The van der Waals surface area contributed by atoms with E-state index >= 15 is 0 Å². The van der Waals surface area contributed by atoms with Gasteiger partial charge in [0, 0.05) is 28.9 Å². The molecule has 0 unspecified atom stereocenters. The number of carbonyl (C=O) groups is 1. The molecule has 0 aliphatic rings. The van der Waals surface area contributed by atoms with Crippen LogP contribution >= 0.6 is 22.9 Å². The molecule has 176 valence electrons. The lowest BCUT2D eigenvalue weighted by Crippen LogP contribution is -2.28. The van der Waals surface area contributed by atoms with Crippen molar-refractivity contribution in [3.63, 3.8) is 0 Å². The molecule has 1 N–H and O–H groups in total. The van der Waals surface area contributed by atoms with Crippen LogP contribution in [0.25, 0.3) is 11.3 Å².